The summed E-state index contributed by atoms with van der Waals surface area (Å²) in [6.07, 6.45) is 0.439. The van der Waals surface area contributed by atoms with Crippen molar-refractivity contribution in [3.8, 4) is 6.07 Å². The van der Waals surface area contributed by atoms with Crippen molar-refractivity contribution in [1.82, 2.24) is 4.90 Å². The van der Waals surface area contributed by atoms with Gasteiger partial charge in [0.25, 0.3) is 0 Å². The maximum Gasteiger partial charge on any atom is 0.225 e. The minimum atomic E-state index is -0.181. The number of hydrogen-bond acceptors (Lipinski definition) is 3. The normalized spacial score (nSPS) is 19.1. The molecule has 1 N–H and O–H groups in total. The summed E-state index contributed by atoms with van der Waals surface area (Å²) in [5.74, 6) is 0.135. The molecule has 1 fully saturated rings. The van der Waals surface area contributed by atoms with E-state index in [0.29, 0.717) is 29.2 Å². The van der Waals surface area contributed by atoms with Crippen molar-refractivity contribution >= 4 is 23.2 Å². The zero-order valence-corrected chi connectivity index (χ0v) is 12.7. The molecule has 1 aromatic rings. The summed E-state index contributed by atoms with van der Waals surface area (Å²) in [5, 5.41) is 12.9. The lowest BCUT2D eigenvalue weighted by atomic mass is 10.1. The molecule has 0 bridgehead atoms. The Bertz CT molecular complexity index is 571. The number of benzene rings is 1. The first kappa shape index (κ1) is 14.7. The molecule has 0 saturated carbocycles. The molecule has 2 rings (SSSR count). The van der Waals surface area contributed by atoms with E-state index in [4.69, 9.17) is 16.9 Å². The summed E-state index contributed by atoms with van der Waals surface area (Å²) < 4.78 is 0. The van der Waals surface area contributed by atoms with Crippen LogP contribution in [0.2, 0.25) is 5.02 Å². The molecule has 1 amide bonds. The zero-order chi connectivity index (χ0) is 14.9. The first-order chi connectivity index (χ1) is 9.31. The van der Waals surface area contributed by atoms with E-state index < -0.39 is 0 Å². The Balaban J connectivity index is 2.15. The third-order valence-corrected chi connectivity index (χ3v) is 3.63. The van der Waals surface area contributed by atoms with Gasteiger partial charge < -0.3 is 10.2 Å². The number of rotatable bonds is 2. The fraction of sp³-hybridized carbons (Fsp3) is 0.467. The number of anilines is 1. The molecule has 1 aliphatic rings. The largest absolute Gasteiger partial charge is 0.379 e. The van der Waals surface area contributed by atoms with Crippen molar-refractivity contribution in [1.29, 1.82) is 5.26 Å². The topological polar surface area (TPSA) is 56.1 Å². The number of hydrogen-bond donors (Lipinski definition) is 1. The van der Waals surface area contributed by atoms with Gasteiger partial charge in [-0.1, -0.05) is 11.6 Å². The standard InChI is InChI=1S/C15H18ClN3O/c1-15(2,3)19-9-12(7-14(19)20)18-13-6-11(16)5-4-10(13)8-17/h4-6,12,18H,7,9H2,1-3H3. The minimum Gasteiger partial charge on any atom is -0.379 e. The van der Waals surface area contributed by atoms with Crippen molar-refractivity contribution in [3.05, 3.63) is 28.8 Å². The lowest BCUT2D eigenvalue weighted by Crippen LogP contribution is -2.43. The first-order valence-corrected chi connectivity index (χ1v) is 6.95. The van der Waals surface area contributed by atoms with E-state index in [9.17, 15) is 4.79 Å². The van der Waals surface area contributed by atoms with Crippen LogP contribution in [0.25, 0.3) is 0 Å². The van der Waals surface area contributed by atoms with Gasteiger partial charge in [0.15, 0.2) is 0 Å². The van der Waals surface area contributed by atoms with Crippen molar-refractivity contribution < 1.29 is 4.79 Å². The van der Waals surface area contributed by atoms with Gasteiger partial charge in [0.1, 0.15) is 6.07 Å². The maximum absolute atomic E-state index is 12.0. The highest BCUT2D eigenvalue weighted by Gasteiger charge is 2.36. The van der Waals surface area contributed by atoms with Gasteiger partial charge in [-0.15, -0.1) is 0 Å². The number of carbonyl (C=O) groups is 1. The Morgan fingerprint density at radius 1 is 1.45 bits per heavy atom. The van der Waals surface area contributed by atoms with E-state index in [1.807, 2.05) is 25.7 Å². The molecule has 106 valence electrons. The van der Waals surface area contributed by atoms with Gasteiger partial charge in [0.05, 0.1) is 17.3 Å². The number of halogens is 1. The van der Waals surface area contributed by atoms with Gasteiger partial charge in [-0.25, -0.2) is 0 Å². The SMILES string of the molecule is CC(C)(C)N1CC(Nc2cc(Cl)ccc2C#N)CC1=O. The summed E-state index contributed by atoms with van der Waals surface area (Å²) in [6, 6.07) is 7.23. The van der Waals surface area contributed by atoms with E-state index >= 15 is 0 Å². The summed E-state index contributed by atoms with van der Waals surface area (Å²) in [7, 11) is 0. The van der Waals surface area contributed by atoms with Crippen molar-refractivity contribution in [2.75, 3.05) is 11.9 Å². The van der Waals surface area contributed by atoms with Gasteiger partial charge in [-0.2, -0.15) is 5.26 Å². The van der Waals surface area contributed by atoms with Crippen LogP contribution < -0.4 is 5.32 Å². The molecular formula is C15H18ClN3O. The molecule has 0 radical (unpaired) electrons. The highest BCUT2D eigenvalue weighted by molar-refractivity contribution is 6.30. The second kappa shape index (κ2) is 5.34. The zero-order valence-electron chi connectivity index (χ0n) is 11.9. The van der Waals surface area contributed by atoms with Crippen LogP contribution in [0, 0.1) is 11.3 Å². The Morgan fingerprint density at radius 2 is 2.15 bits per heavy atom. The molecular weight excluding hydrogens is 274 g/mol. The maximum atomic E-state index is 12.0. The molecule has 20 heavy (non-hydrogen) atoms. The van der Waals surface area contributed by atoms with Crippen molar-refractivity contribution in [2.24, 2.45) is 0 Å². The average molecular weight is 292 g/mol. The predicted octanol–water partition coefficient (Wildman–Crippen LogP) is 3.02. The van der Waals surface area contributed by atoms with Crippen molar-refractivity contribution in [2.45, 2.75) is 38.8 Å². The Kier molecular flexibility index (Phi) is 3.92. The third-order valence-electron chi connectivity index (χ3n) is 3.40. The number of amides is 1. The number of nitriles is 1. The van der Waals surface area contributed by atoms with Crippen LogP contribution in [0.5, 0.6) is 0 Å². The van der Waals surface area contributed by atoms with E-state index in [1.165, 1.54) is 0 Å². The highest BCUT2D eigenvalue weighted by atomic mass is 35.5. The summed E-state index contributed by atoms with van der Waals surface area (Å²) in [4.78, 5) is 13.9. The van der Waals surface area contributed by atoms with Gasteiger partial charge in [-0.3, -0.25) is 4.79 Å². The van der Waals surface area contributed by atoms with E-state index in [2.05, 4.69) is 11.4 Å². The Hall–Kier alpha value is -1.73. The Labute approximate surface area is 124 Å². The predicted molar refractivity (Wildman–Crippen MR) is 79.7 cm³/mol. The summed E-state index contributed by atoms with van der Waals surface area (Å²) in [5.41, 5.74) is 1.05. The van der Waals surface area contributed by atoms with Crippen LogP contribution in [-0.4, -0.2) is 28.9 Å². The molecule has 4 nitrogen and oxygen atoms in total. The van der Waals surface area contributed by atoms with Crippen LogP contribution >= 0.6 is 11.6 Å². The van der Waals surface area contributed by atoms with Crippen LogP contribution in [0.3, 0.4) is 0 Å². The molecule has 1 atom stereocenters. The van der Waals surface area contributed by atoms with Crippen LogP contribution in [0.1, 0.15) is 32.8 Å². The Morgan fingerprint density at radius 3 is 2.70 bits per heavy atom. The van der Waals surface area contributed by atoms with Gasteiger partial charge in [0.2, 0.25) is 5.91 Å². The fourth-order valence-electron chi connectivity index (χ4n) is 2.41. The molecule has 0 spiro atoms. The van der Waals surface area contributed by atoms with Crippen LogP contribution in [0.4, 0.5) is 5.69 Å². The van der Waals surface area contributed by atoms with E-state index in [1.54, 1.807) is 18.2 Å². The smallest absolute Gasteiger partial charge is 0.225 e. The van der Waals surface area contributed by atoms with Crippen LogP contribution in [0.15, 0.2) is 18.2 Å². The van der Waals surface area contributed by atoms with Crippen molar-refractivity contribution in [3.63, 3.8) is 0 Å². The highest BCUT2D eigenvalue weighted by Crippen LogP contribution is 2.26. The molecule has 1 saturated heterocycles. The molecule has 5 heteroatoms. The molecule has 0 aliphatic carbocycles. The van der Waals surface area contributed by atoms with Gasteiger partial charge in [-0.05, 0) is 39.0 Å². The average Bonchev–Trinajstić information content (AvgIpc) is 2.70. The molecule has 1 aliphatic heterocycles. The number of carbonyl (C=O) groups excluding carboxylic acids is 1. The number of likely N-dealkylation sites (tertiary alicyclic amines) is 1. The first-order valence-electron chi connectivity index (χ1n) is 6.58. The fourth-order valence-corrected chi connectivity index (χ4v) is 2.58. The quantitative estimate of drug-likeness (QED) is 0.911. The third kappa shape index (κ3) is 3.05. The minimum absolute atomic E-state index is 0.00675. The van der Waals surface area contributed by atoms with E-state index in [0.717, 1.165) is 0 Å². The lowest BCUT2D eigenvalue weighted by Gasteiger charge is -2.32. The second-order valence-electron chi connectivity index (χ2n) is 6.02. The number of nitrogens with one attached hydrogen (secondary N) is 1. The molecule has 1 unspecified atom stereocenters. The molecule has 0 aromatic heterocycles. The summed E-state index contributed by atoms with van der Waals surface area (Å²) >= 11 is 5.96. The monoisotopic (exact) mass is 291 g/mol. The van der Waals surface area contributed by atoms with E-state index in [-0.39, 0.29) is 17.5 Å². The molecule has 1 aromatic carbocycles. The number of nitrogens with zero attached hydrogens (tertiary/aromatic N) is 2. The van der Waals surface area contributed by atoms with Crippen LogP contribution in [-0.2, 0) is 4.79 Å². The molecule has 1 heterocycles. The second-order valence-corrected chi connectivity index (χ2v) is 6.46. The summed E-state index contributed by atoms with van der Waals surface area (Å²) in [6.45, 7) is 6.70. The lowest BCUT2D eigenvalue weighted by molar-refractivity contribution is -0.131. The van der Waals surface area contributed by atoms with Gasteiger partial charge >= 0.3 is 0 Å². The van der Waals surface area contributed by atoms with Gasteiger partial charge in [0, 0.05) is 23.5 Å².